The van der Waals surface area contributed by atoms with Gasteiger partial charge in [-0.3, -0.25) is 4.79 Å². The van der Waals surface area contributed by atoms with Crippen LogP contribution in [0.15, 0.2) is 24.3 Å². The predicted octanol–water partition coefficient (Wildman–Crippen LogP) is 2.63. The van der Waals surface area contributed by atoms with Gasteiger partial charge in [0.15, 0.2) is 0 Å². The zero-order chi connectivity index (χ0) is 14.5. The number of benzene rings is 1. The van der Waals surface area contributed by atoms with Crippen molar-refractivity contribution in [1.29, 1.82) is 0 Å². The zero-order valence-electron chi connectivity index (χ0n) is 11.8. The summed E-state index contributed by atoms with van der Waals surface area (Å²) in [5.74, 6) is -0.503. The molecule has 106 valence electrons. The molecule has 0 heterocycles. The van der Waals surface area contributed by atoms with Crippen molar-refractivity contribution in [3.05, 3.63) is 35.6 Å². The van der Waals surface area contributed by atoms with Crippen molar-refractivity contribution >= 4 is 5.97 Å². The van der Waals surface area contributed by atoms with E-state index in [1.54, 1.807) is 19.1 Å². The summed E-state index contributed by atoms with van der Waals surface area (Å²) in [6, 6.07) is 6.04. The number of carbonyl (C=O) groups excluding carboxylic acids is 1. The van der Waals surface area contributed by atoms with Gasteiger partial charge in [0.05, 0.1) is 6.61 Å². The SMILES string of the molecule is CCOC(=O)C(CN)(CC(C)C)c1cccc(F)c1. The summed E-state index contributed by atoms with van der Waals surface area (Å²) in [6.45, 7) is 6.15. The molecular formula is C15H22FNO2. The highest BCUT2D eigenvalue weighted by molar-refractivity contribution is 5.83. The Labute approximate surface area is 113 Å². The molecule has 3 nitrogen and oxygen atoms in total. The summed E-state index contributed by atoms with van der Waals surface area (Å²) in [7, 11) is 0. The average molecular weight is 267 g/mol. The summed E-state index contributed by atoms with van der Waals surface area (Å²) in [5.41, 5.74) is 5.47. The first-order chi connectivity index (χ1) is 8.96. The van der Waals surface area contributed by atoms with Gasteiger partial charge >= 0.3 is 5.97 Å². The second-order valence-corrected chi connectivity index (χ2v) is 5.12. The fourth-order valence-corrected chi connectivity index (χ4v) is 2.36. The molecule has 0 aliphatic rings. The number of ether oxygens (including phenoxy) is 1. The van der Waals surface area contributed by atoms with E-state index in [-0.39, 0.29) is 30.9 Å². The molecule has 1 aromatic rings. The molecule has 0 radical (unpaired) electrons. The summed E-state index contributed by atoms with van der Waals surface area (Å²) in [5, 5.41) is 0. The van der Waals surface area contributed by atoms with Crippen LogP contribution in [0.4, 0.5) is 4.39 Å². The molecule has 4 heteroatoms. The van der Waals surface area contributed by atoms with E-state index in [9.17, 15) is 9.18 Å². The van der Waals surface area contributed by atoms with Gasteiger partial charge in [0, 0.05) is 6.54 Å². The van der Waals surface area contributed by atoms with E-state index in [0.29, 0.717) is 12.0 Å². The highest BCUT2D eigenvalue weighted by atomic mass is 19.1. The topological polar surface area (TPSA) is 52.3 Å². The summed E-state index contributed by atoms with van der Waals surface area (Å²) in [4.78, 5) is 12.3. The molecule has 0 spiro atoms. The number of hydrogen-bond acceptors (Lipinski definition) is 3. The molecule has 2 N–H and O–H groups in total. The van der Waals surface area contributed by atoms with Gasteiger partial charge in [-0.25, -0.2) is 4.39 Å². The fourth-order valence-electron chi connectivity index (χ4n) is 2.36. The number of halogens is 1. The van der Waals surface area contributed by atoms with Gasteiger partial charge in [-0.15, -0.1) is 0 Å². The molecule has 0 saturated carbocycles. The van der Waals surface area contributed by atoms with Crippen molar-refractivity contribution < 1.29 is 13.9 Å². The van der Waals surface area contributed by atoms with Crippen LogP contribution in [0.3, 0.4) is 0 Å². The number of nitrogens with two attached hydrogens (primary N) is 1. The number of rotatable bonds is 6. The quantitative estimate of drug-likeness (QED) is 0.806. The van der Waals surface area contributed by atoms with Crippen LogP contribution in [-0.2, 0) is 14.9 Å². The minimum atomic E-state index is -0.966. The first kappa shape index (κ1) is 15.6. The average Bonchev–Trinajstić information content (AvgIpc) is 2.36. The third-order valence-corrected chi connectivity index (χ3v) is 3.15. The van der Waals surface area contributed by atoms with Crippen LogP contribution < -0.4 is 5.73 Å². The molecular weight excluding hydrogens is 245 g/mol. The van der Waals surface area contributed by atoms with E-state index in [4.69, 9.17) is 10.5 Å². The Balaban J connectivity index is 3.26. The van der Waals surface area contributed by atoms with Crippen molar-refractivity contribution in [3.63, 3.8) is 0 Å². The molecule has 0 fully saturated rings. The van der Waals surface area contributed by atoms with Gasteiger partial charge in [0.2, 0.25) is 0 Å². The predicted molar refractivity (Wildman–Crippen MR) is 73.2 cm³/mol. The van der Waals surface area contributed by atoms with Gasteiger partial charge in [-0.05, 0) is 37.0 Å². The van der Waals surface area contributed by atoms with Gasteiger partial charge in [-0.1, -0.05) is 26.0 Å². The van der Waals surface area contributed by atoms with E-state index >= 15 is 0 Å². The Kier molecular flexibility index (Phi) is 5.48. The zero-order valence-corrected chi connectivity index (χ0v) is 11.8. The Morgan fingerprint density at radius 3 is 2.63 bits per heavy atom. The molecule has 0 aliphatic heterocycles. The second-order valence-electron chi connectivity index (χ2n) is 5.12. The largest absolute Gasteiger partial charge is 0.465 e. The Bertz CT molecular complexity index is 434. The van der Waals surface area contributed by atoms with E-state index < -0.39 is 5.41 Å². The molecule has 0 aromatic heterocycles. The maximum atomic E-state index is 13.4. The van der Waals surface area contributed by atoms with E-state index in [2.05, 4.69) is 0 Å². The van der Waals surface area contributed by atoms with Gasteiger partial charge in [0.1, 0.15) is 11.2 Å². The minimum Gasteiger partial charge on any atom is -0.465 e. The fraction of sp³-hybridized carbons (Fsp3) is 0.533. The maximum Gasteiger partial charge on any atom is 0.317 e. The van der Waals surface area contributed by atoms with Crippen molar-refractivity contribution in [1.82, 2.24) is 0 Å². The van der Waals surface area contributed by atoms with E-state index in [0.717, 1.165) is 0 Å². The van der Waals surface area contributed by atoms with E-state index in [1.165, 1.54) is 12.1 Å². The number of carbonyl (C=O) groups is 1. The van der Waals surface area contributed by atoms with E-state index in [1.807, 2.05) is 13.8 Å². The van der Waals surface area contributed by atoms with Crippen molar-refractivity contribution in [2.75, 3.05) is 13.2 Å². The second kappa shape index (κ2) is 6.66. The van der Waals surface area contributed by atoms with Crippen LogP contribution >= 0.6 is 0 Å². The third kappa shape index (κ3) is 3.53. The van der Waals surface area contributed by atoms with Crippen LogP contribution in [0.1, 0.15) is 32.8 Å². The molecule has 19 heavy (non-hydrogen) atoms. The molecule has 1 aromatic carbocycles. The molecule has 0 aliphatic carbocycles. The molecule has 0 amide bonds. The normalized spacial score (nSPS) is 14.2. The van der Waals surface area contributed by atoms with Gasteiger partial charge in [0.25, 0.3) is 0 Å². The lowest BCUT2D eigenvalue weighted by Gasteiger charge is -2.32. The van der Waals surface area contributed by atoms with Gasteiger partial charge in [-0.2, -0.15) is 0 Å². The molecule has 1 unspecified atom stereocenters. The maximum absolute atomic E-state index is 13.4. The Hall–Kier alpha value is -1.42. The summed E-state index contributed by atoms with van der Waals surface area (Å²) < 4.78 is 18.6. The lowest BCUT2D eigenvalue weighted by Crippen LogP contribution is -2.45. The lowest BCUT2D eigenvalue weighted by atomic mass is 9.74. The Morgan fingerprint density at radius 1 is 1.47 bits per heavy atom. The van der Waals surface area contributed by atoms with Crippen molar-refractivity contribution in [2.24, 2.45) is 11.7 Å². The lowest BCUT2D eigenvalue weighted by molar-refractivity contribution is -0.150. The smallest absolute Gasteiger partial charge is 0.317 e. The van der Waals surface area contributed by atoms with Crippen LogP contribution in [0.25, 0.3) is 0 Å². The number of hydrogen-bond donors (Lipinski definition) is 1. The van der Waals surface area contributed by atoms with Crippen LogP contribution in [0, 0.1) is 11.7 Å². The monoisotopic (exact) mass is 267 g/mol. The third-order valence-electron chi connectivity index (χ3n) is 3.15. The highest BCUT2D eigenvalue weighted by Crippen LogP contribution is 2.32. The number of esters is 1. The van der Waals surface area contributed by atoms with Gasteiger partial charge < -0.3 is 10.5 Å². The molecule has 1 rings (SSSR count). The molecule has 1 atom stereocenters. The Morgan fingerprint density at radius 2 is 2.16 bits per heavy atom. The highest BCUT2D eigenvalue weighted by Gasteiger charge is 2.41. The first-order valence-electron chi connectivity index (χ1n) is 6.59. The standard InChI is InChI=1S/C15H22FNO2/c1-4-19-14(18)15(10-17,9-11(2)3)12-6-5-7-13(16)8-12/h5-8,11H,4,9-10,17H2,1-3H3. The van der Waals surface area contributed by atoms with Crippen LogP contribution in [-0.4, -0.2) is 19.1 Å². The first-order valence-corrected chi connectivity index (χ1v) is 6.59. The van der Waals surface area contributed by atoms with Crippen molar-refractivity contribution in [2.45, 2.75) is 32.6 Å². The molecule has 0 bridgehead atoms. The summed E-state index contributed by atoms with van der Waals surface area (Å²) >= 11 is 0. The van der Waals surface area contributed by atoms with Crippen molar-refractivity contribution in [3.8, 4) is 0 Å². The minimum absolute atomic E-state index is 0.105. The summed E-state index contributed by atoms with van der Waals surface area (Å²) in [6.07, 6.45) is 0.534. The van der Waals surface area contributed by atoms with Crippen LogP contribution in [0.2, 0.25) is 0 Å². The van der Waals surface area contributed by atoms with Crippen LogP contribution in [0.5, 0.6) is 0 Å². The molecule has 0 saturated heterocycles.